The molecule has 1 atom stereocenters. The van der Waals surface area contributed by atoms with E-state index in [1.54, 1.807) is 6.20 Å². The number of hydrogen-bond acceptors (Lipinski definition) is 3. The number of pyridine rings is 1. The summed E-state index contributed by atoms with van der Waals surface area (Å²) in [5.74, 6) is 0.129. The summed E-state index contributed by atoms with van der Waals surface area (Å²) in [6, 6.07) is 6.10. The Morgan fingerprint density at radius 2 is 2.47 bits per heavy atom. The fraction of sp³-hybridized carbons (Fsp3) is 0.538. The normalized spacial score (nSPS) is 19.9. The van der Waals surface area contributed by atoms with Crippen molar-refractivity contribution in [2.75, 3.05) is 13.1 Å². The highest BCUT2D eigenvalue weighted by atomic mass is 16.1. The smallest absolute Gasteiger partial charge is 0.220 e. The van der Waals surface area contributed by atoms with Crippen LogP contribution in [0, 0.1) is 0 Å². The molecule has 0 bridgehead atoms. The average Bonchev–Trinajstić information content (AvgIpc) is 2.39. The van der Waals surface area contributed by atoms with Crippen LogP contribution >= 0.6 is 0 Å². The fourth-order valence-electron chi connectivity index (χ4n) is 2.06. The number of nitrogens with one attached hydrogen (secondary N) is 2. The van der Waals surface area contributed by atoms with Crippen LogP contribution in [-0.2, 0) is 11.2 Å². The number of rotatable bonds is 4. The molecule has 0 aromatic carbocycles. The molecule has 17 heavy (non-hydrogen) atoms. The molecule has 4 nitrogen and oxygen atoms in total. The van der Waals surface area contributed by atoms with Gasteiger partial charge in [-0.1, -0.05) is 6.07 Å². The predicted octanol–water partition coefficient (Wildman–Crippen LogP) is 0.882. The number of hydrogen-bond donors (Lipinski definition) is 2. The predicted molar refractivity (Wildman–Crippen MR) is 66.6 cm³/mol. The second-order valence-corrected chi connectivity index (χ2v) is 4.43. The van der Waals surface area contributed by atoms with E-state index in [2.05, 4.69) is 15.6 Å². The molecule has 2 rings (SSSR count). The van der Waals surface area contributed by atoms with Gasteiger partial charge in [-0.2, -0.15) is 0 Å². The topological polar surface area (TPSA) is 54.0 Å². The summed E-state index contributed by atoms with van der Waals surface area (Å²) in [6.07, 6.45) is 5.23. The third kappa shape index (κ3) is 4.15. The first-order chi connectivity index (χ1) is 8.34. The van der Waals surface area contributed by atoms with Crippen molar-refractivity contribution in [3.8, 4) is 0 Å². The van der Waals surface area contributed by atoms with Crippen LogP contribution in [-0.4, -0.2) is 30.0 Å². The van der Waals surface area contributed by atoms with Crippen LogP contribution in [0.5, 0.6) is 0 Å². The summed E-state index contributed by atoms with van der Waals surface area (Å²) in [4.78, 5) is 15.9. The maximum absolute atomic E-state index is 11.7. The van der Waals surface area contributed by atoms with Crippen molar-refractivity contribution < 1.29 is 4.79 Å². The number of carbonyl (C=O) groups excluding carboxylic acids is 1. The van der Waals surface area contributed by atoms with Crippen molar-refractivity contribution in [1.82, 2.24) is 15.6 Å². The number of carbonyl (C=O) groups is 1. The fourth-order valence-corrected chi connectivity index (χ4v) is 2.06. The molecule has 1 saturated heterocycles. The molecule has 0 radical (unpaired) electrons. The monoisotopic (exact) mass is 233 g/mol. The first-order valence-corrected chi connectivity index (χ1v) is 6.24. The zero-order chi connectivity index (χ0) is 11.9. The Kier molecular flexibility index (Phi) is 4.50. The number of nitrogens with zero attached hydrogens (tertiary/aromatic N) is 1. The van der Waals surface area contributed by atoms with Crippen molar-refractivity contribution in [1.29, 1.82) is 0 Å². The lowest BCUT2D eigenvalue weighted by molar-refractivity contribution is -0.121. The van der Waals surface area contributed by atoms with Gasteiger partial charge in [-0.15, -0.1) is 0 Å². The van der Waals surface area contributed by atoms with Gasteiger partial charge >= 0.3 is 0 Å². The van der Waals surface area contributed by atoms with Gasteiger partial charge in [-0.3, -0.25) is 9.78 Å². The minimum Gasteiger partial charge on any atom is -0.352 e. The van der Waals surface area contributed by atoms with Crippen LogP contribution < -0.4 is 10.6 Å². The van der Waals surface area contributed by atoms with Gasteiger partial charge in [-0.05, 0) is 37.9 Å². The summed E-state index contributed by atoms with van der Waals surface area (Å²) in [7, 11) is 0. The summed E-state index contributed by atoms with van der Waals surface area (Å²) in [5, 5.41) is 6.35. The van der Waals surface area contributed by atoms with E-state index in [9.17, 15) is 4.79 Å². The van der Waals surface area contributed by atoms with Crippen LogP contribution in [0.1, 0.15) is 25.0 Å². The van der Waals surface area contributed by atoms with E-state index >= 15 is 0 Å². The van der Waals surface area contributed by atoms with Crippen LogP contribution in [0.3, 0.4) is 0 Å². The number of aryl methyl sites for hydroxylation is 1. The van der Waals surface area contributed by atoms with Gasteiger partial charge < -0.3 is 10.6 Å². The molecule has 92 valence electrons. The van der Waals surface area contributed by atoms with Crippen molar-refractivity contribution in [3.05, 3.63) is 30.1 Å². The highest BCUT2D eigenvalue weighted by molar-refractivity contribution is 5.76. The third-order valence-corrected chi connectivity index (χ3v) is 3.00. The average molecular weight is 233 g/mol. The summed E-state index contributed by atoms with van der Waals surface area (Å²) < 4.78 is 0. The van der Waals surface area contributed by atoms with E-state index in [0.29, 0.717) is 18.9 Å². The first kappa shape index (κ1) is 12.0. The van der Waals surface area contributed by atoms with E-state index in [-0.39, 0.29) is 5.91 Å². The van der Waals surface area contributed by atoms with Crippen molar-refractivity contribution in [3.63, 3.8) is 0 Å². The number of amides is 1. The highest BCUT2D eigenvalue weighted by Gasteiger charge is 2.14. The molecule has 0 spiro atoms. The molecule has 1 aromatic rings. The lowest BCUT2D eigenvalue weighted by Gasteiger charge is -2.23. The van der Waals surface area contributed by atoms with Gasteiger partial charge in [0.1, 0.15) is 0 Å². The molecular formula is C13H19N3O. The third-order valence-electron chi connectivity index (χ3n) is 3.00. The van der Waals surface area contributed by atoms with E-state index in [1.165, 1.54) is 0 Å². The van der Waals surface area contributed by atoms with E-state index in [4.69, 9.17) is 0 Å². The van der Waals surface area contributed by atoms with Crippen LogP contribution in [0.4, 0.5) is 0 Å². The molecule has 0 aliphatic carbocycles. The molecule has 2 heterocycles. The molecule has 1 unspecified atom stereocenters. The van der Waals surface area contributed by atoms with Gasteiger partial charge in [0.25, 0.3) is 0 Å². The minimum atomic E-state index is 0.129. The Labute approximate surface area is 102 Å². The lowest BCUT2D eigenvalue weighted by atomic mass is 10.1. The molecule has 1 fully saturated rings. The zero-order valence-corrected chi connectivity index (χ0v) is 9.98. The van der Waals surface area contributed by atoms with Gasteiger partial charge in [0.05, 0.1) is 0 Å². The van der Waals surface area contributed by atoms with Gasteiger partial charge in [-0.25, -0.2) is 0 Å². The van der Waals surface area contributed by atoms with Gasteiger partial charge in [0.2, 0.25) is 5.91 Å². The SMILES string of the molecule is O=C(CCc1ccccn1)NC1CCCNC1. The standard InChI is InChI=1S/C13H19N3O/c17-13(16-12-5-3-8-14-10-12)7-6-11-4-1-2-9-15-11/h1-2,4,9,12,14H,3,5-8,10H2,(H,16,17). The van der Waals surface area contributed by atoms with Crippen LogP contribution in [0.15, 0.2) is 24.4 Å². The summed E-state index contributed by atoms with van der Waals surface area (Å²) in [6.45, 7) is 1.97. The van der Waals surface area contributed by atoms with Crippen molar-refractivity contribution in [2.45, 2.75) is 31.7 Å². The summed E-state index contributed by atoms with van der Waals surface area (Å²) >= 11 is 0. The Morgan fingerprint density at radius 1 is 1.53 bits per heavy atom. The molecular weight excluding hydrogens is 214 g/mol. The Bertz CT molecular complexity index is 347. The van der Waals surface area contributed by atoms with Crippen LogP contribution in [0.2, 0.25) is 0 Å². The van der Waals surface area contributed by atoms with Gasteiger partial charge in [0.15, 0.2) is 0 Å². The summed E-state index contributed by atoms with van der Waals surface area (Å²) in [5.41, 5.74) is 0.976. The number of piperidine rings is 1. The van der Waals surface area contributed by atoms with Crippen molar-refractivity contribution in [2.24, 2.45) is 0 Å². The quantitative estimate of drug-likeness (QED) is 0.812. The first-order valence-electron chi connectivity index (χ1n) is 6.24. The minimum absolute atomic E-state index is 0.129. The molecule has 1 aliphatic heterocycles. The molecule has 1 aromatic heterocycles. The molecule has 2 N–H and O–H groups in total. The zero-order valence-electron chi connectivity index (χ0n) is 9.98. The Morgan fingerprint density at radius 3 is 3.18 bits per heavy atom. The molecule has 1 amide bonds. The van der Waals surface area contributed by atoms with Gasteiger partial charge in [0, 0.05) is 30.9 Å². The second-order valence-electron chi connectivity index (χ2n) is 4.43. The van der Waals surface area contributed by atoms with Crippen LogP contribution in [0.25, 0.3) is 0 Å². The van der Waals surface area contributed by atoms with E-state index in [1.807, 2.05) is 18.2 Å². The largest absolute Gasteiger partial charge is 0.352 e. The highest BCUT2D eigenvalue weighted by Crippen LogP contribution is 2.03. The maximum Gasteiger partial charge on any atom is 0.220 e. The van der Waals surface area contributed by atoms with E-state index in [0.717, 1.165) is 31.6 Å². The van der Waals surface area contributed by atoms with Crippen molar-refractivity contribution >= 4 is 5.91 Å². The molecule has 4 heteroatoms. The molecule has 1 aliphatic rings. The maximum atomic E-state index is 11.7. The number of aromatic nitrogens is 1. The molecule has 0 saturated carbocycles. The second kappa shape index (κ2) is 6.35. The lowest BCUT2D eigenvalue weighted by Crippen LogP contribution is -2.45. The van der Waals surface area contributed by atoms with E-state index < -0.39 is 0 Å². The Hall–Kier alpha value is -1.42. The Balaban J connectivity index is 1.70.